The molecule has 9 nitrogen and oxygen atoms in total. The summed E-state index contributed by atoms with van der Waals surface area (Å²) in [4.78, 5) is 39.0. The Hall–Kier alpha value is -4.79. The van der Waals surface area contributed by atoms with Crippen LogP contribution in [0, 0.1) is 0 Å². The smallest absolute Gasteiger partial charge is 0.355 e. The van der Waals surface area contributed by atoms with Gasteiger partial charge < -0.3 is 23.7 Å². The van der Waals surface area contributed by atoms with Gasteiger partial charge in [-0.3, -0.25) is 9.36 Å². The van der Waals surface area contributed by atoms with Crippen LogP contribution >= 0.6 is 0 Å². The molecule has 0 spiro atoms. The Balaban J connectivity index is 2.16. The number of rotatable bonds is 7. The van der Waals surface area contributed by atoms with Crippen LogP contribution in [0.5, 0.6) is 17.2 Å². The fraction of sp³-hybridized carbons (Fsp3) is 0.179. The SMILES string of the molecule is COC(=O)c1ccc(-n2c(C(=O)OC)c(-c3cc(OC)c(OC)c(OC)c3)c3ccccc3c2=O)cc1. The Kier molecular flexibility index (Phi) is 7.15. The van der Waals surface area contributed by atoms with E-state index < -0.39 is 17.5 Å². The van der Waals surface area contributed by atoms with Gasteiger partial charge in [0, 0.05) is 16.6 Å². The number of carbonyl (C=O) groups is 2. The molecule has 190 valence electrons. The Morgan fingerprint density at radius 1 is 0.703 bits per heavy atom. The second-order valence-corrected chi connectivity index (χ2v) is 7.85. The van der Waals surface area contributed by atoms with Crippen molar-refractivity contribution in [2.75, 3.05) is 35.5 Å². The summed E-state index contributed by atoms with van der Waals surface area (Å²) in [5.74, 6) is -0.134. The van der Waals surface area contributed by atoms with E-state index >= 15 is 0 Å². The number of nitrogens with zero attached hydrogens (tertiary/aromatic N) is 1. The maximum Gasteiger partial charge on any atom is 0.355 e. The number of esters is 2. The molecule has 4 aromatic rings. The second kappa shape index (κ2) is 10.4. The monoisotopic (exact) mass is 503 g/mol. The zero-order valence-electron chi connectivity index (χ0n) is 21.0. The van der Waals surface area contributed by atoms with E-state index in [0.717, 1.165) is 0 Å². The lowest BCUT2D eigenvalue weighted by atomic mass is 9.95. The molecule has 0 aliphatic heterocycles. The number of pyridine rings is 1. The number of methoxy groups -OCH3 is 5. The molecule has 0 N–H and O–H groups in total. The summed E-state index contributed by atoms with van der Waals surface area (Å²) in [6.45, 7) is 0. The molecule has 1 aromatic heterocycles. The predicted octanol–water partition coefficient (Wildman–Crippen LogP) is 4.26. The molecule has 4 rings (SSSR count). The summed E-state index contributed by atoms with van der Waals surface area (Å²) in [7, 11) is 7.00. The minimum atomic E-state index is -0.733. The van der Waals surface area contributed by atoms with E-state index in [4.69, 9.17) is 23.7 Å². The lowest BCUT2D eigenvalue weighted by Gasteiger charge is -2.20. The summed E-state index contributed by atoms with van der Waals surface area (Å²) >= 11 is 0. The molecule has 0 amide bonds. The lowest BCUT2D eigenvalue weighted by molar-refractivity contribution is 0.0585. The van der Waals surface area contributed by atoms with Crippen molar-refractivity contribution in [3.8, 4) is 34.1 Å². The highest BCUT2D eigenvalue weighted by Gasteiger charge is 2.27. The zero-order chi connectivity index (χ0) is 26.7. The molecule has 0 bridgehead atoms. The first-order valence-corrected chi connectivity index (χ1v) is 11.1. The van der Waals surface area contributed by atoms with Crippen LogP contribution in [0.4, 0.5) is 0 Å². The van der Waals surface area contributed by atoms with Crippen molar-refractivity contribution in [2.45, 2.75) is 0 Å². The van der Waals surface area contributed by atoms with Crippen LogP contribution < -0.4 is 19.8 Å². The van der Waals surface area contributed by atoms with Crippen molar-refractivity contribution in [1.29, 1.82) is 0 Å². The van der Waals surface area contributed by atoms with Crippen molar-refractivity contribution >= 4 is 22.7 Å². The molecule has 0 aliphatic carbocycles. The number of ether oxygens (including phenoxy) is 5. The van der Waals surface area contributed by atoms with E-state index in [1.54, 1.807) is 48.5 Å². The first kappa shape index (κ1) is 25.3. The van der Waals surface area contributed by atoms with Crippen LogP contribution in [0.1, 0.15) is 20.8 Å². The molecule has 0 radical (unpaired) electrons. The van der Waals surface area contributed by atoms with Crippen molar-refractivity contribution in [3.05, 3.63) is 82.3 Å². The average molecular weight is 504 g/mol. The Labute approximate surface area is 212 Å². The van der Waals surface area contributed by atoms with Crippen LogP contribution in [0.25, 0.3) is 27.6 Å². The van der Waals surface area contributed by atoms with Crippen molar-refractivity contribution in [1.82, 2.24) is 4.57 Å². The Bertz CT molecular complexity index is 1530. The molecule has 1 heterocycles. The molecule has 0 fully saturated rings. The van der Waals surface area contributed by atoms with Crippen LogP contribution in [0.3, 0.4) is 0 Å². The van der Waals surface area contributed by atoms with Crippen molar-refractivity contribution in [3.63, 3.8) is 0 Å². The highest BCUT2D eigenvalue weighted by molar-refractivity contribution is 6.07. The van der Waals surface area contributed by atoms with Crippen molar-refractivity contribution in [2.24, 2.45) is 0 Å². The first-order chi connectivity index (χ1) is 17.9. The molecule has 0 saturated heterocycles. The number of fused-ring (bicyclic) bond motifs is 1. The maximum atomic E-state index is 13.8. The molecule has 0 saturated carbocycles. The van der Waals surface area contributed by atoms with E-state index in [9.17, 15) is 14.4 Å². The van der Waals surface area contributed by atoms with Crippen LogP contribution in [-0.4, -0.2) is 52.1 Å². The van der Waals surface area contributed by atoms with Crippen LogP contribution in [0.15, 0.2) is 65.5 Å². The fourth-order valence-electron chi connectivity index (χ4n) is 4.27. The zero-order valence-corrected chi connectivity index (χ0v) is 21.0. The molecule has 9 heteroatoms. The third-order valence-corrected chi connectivity index (χ3v) is 5.97. The Morgan fingerprint density at radius 2 is 1.27 bits per heavy atom. The van der Waals surface area contributed by atoms with Gasteiger partial charge in [0.05, 0.1) is 41.1 Å². The van der Waals surface area contributed by atoms with Gasteiger partial charge >= 0.3 is 11.9 Å². The normalized spacial score (nSPS) is 10.6. The molecule has 3 aromatic carbocycles. The Morgan fingerprint density at radius 3 is 1.78 bits per heavy atom. The number of aromatic nitrogens is 1. The summed E-state index contributed by atoms with van der Waals surface area (Å²) in [5, 5.41) is 0.903. The van der Waals surface area contributed by atoms with Gasteiger partial charge in [0.25, 0.3) is 5.56 Å². The van der Waals surface area contributed by atoms with E-state index in [1.165, 1.54) is 52.2 Å². The van der Waals surface area contributed by atoms with Gasteiger partial charge in [-0.05, 0) is 53.4 Å². The number of hydrogen-bond acceptors (Lipinski definition) is 8. The van der Waals surface area contributed by atoms with E-state index in [-0.39, 0.29) is 5.69 Å². The third-order valence-electron chi connectivity index (χ3n) is 5.97. The van der Waals surface area contributed by atoms with Gasteiger partial charge in [-0.25, -0.2) is 9.59 Å². The van der Waals surface area contributed by atoms with Gasteiger partial charge in [0.2, 0.25) is 5.75 Å². The summed E-state index contributed by atoms with van der Waals surface area (Å²) in [5.41, 5.74) is 1.18. The maximum absolute atomic E-state index is 13.8. The minimum Gasteiger partial charge on any atom is -0.493 e. The van der Waals surface area contributed by atoms with E-state index in [1.807, 2.05) is 0 Å². The first-order valence-electron chi connectivity index (χ1n) is 11.1. The third kappa shape index (κ3) is 4.35. The van der Waals surface area contributed by atoms with E-state index in [2.05, 4.69) is 0 Å². The van der Waals surface area contributed by atoms with Crippen molar-refractivity contribution < 1.29 is 33.3 Å². The highest BCUT2D eigenvalue weighted by atomic mass is 16.5. The second-order valence-electron chi connectivity index (χ2n) is 7.85. The van der Waals surface area contributed by atoms with Gasteiger partial charge in [-0.2, -0.15) is 0 Å². The minimum absolute atomic E-state index is 0.00806. The van der Waals surface area contributed by atoms with Gasteiger partial charge in [-0.1, -0.05) is 18.2 Å². The molecule has 0 aliphatic rings. The van der Waals surface area contributed by atoms with Crippen LogP contribution in [0.2, 0.25) is 0 Å². The van der Waals surface area contributed by atoms with Gasteiger partial charge in [-0.15, -0.1) is 0 Å². The predicted molar refractivity (Wildman–Crippen MR) is 137 cm³/mol. The standard InChI is InChI=1S/C28H25NO8/c1-33-21-14-17(15-22(34-2)25(21)35-3)23-19-8-6-7-9-20(19)26(30)29(24(23)28(32)37-5)18-12-10-16(11-13-18)27(31)36-4/h6-15H,1-5H3. The summed E-state index contributed by atoms with van der Waals surface area (Å²) < 4.78 is 27.7. The molecule has 0 atom stereocenters. The quantitative estimate of drug-likeness (QED) is 0.345. The molecular formula is C28H25NO8. The highest BCUT2D eigenvalue weighted by Crippen LogP contribution is 2.43. The fourth-order valence-corrected chi connectivity index (χ4v) is 4.27. The molecule has 37 heavy (non-hydrogen) atoms. The molecular weight excluding hydrogens is 478 g/mol. The number of benzene rings is 3. The van der Waals surface area contributed by atoms with Gasteiger partial charge in [0.1, 0.15) is 5.69 Å². The summed E-state index contributed by atoms with van der Waals surface area (Å²) in [6.07, 6.45) is 0. The molecule has 0 unspecified atom stereocenters. The average Bonchev–Trinajstić information content (AvgIpc) is 2.95. The van der Waals surface area contributed by atoms with E-state index in [0.29, 0.717) is 50.4 Å². The topological polar surface area (TPSA) is 102 Å². The summed E-state index contributed by atoms with van der Waals surface area (Å²) in [6, 6.07) is 16.5. The number of hydrogen-bond donors (Lipinski definition) is 0. The number of carbonyl (C=O) groups excluding carboxylic acids is 2. The van der Waals surface area contributed by atoms with Crippen LogP contribution in [-0.2, 0) is 9.47 Å². The lowest BCUT2D eigenvalue weighted by Crippen LogP contribution is -2.27. The van der Waals surface area contributed by atoms with Gasteiger partial charge in [0.15, 0.2) is 11.5 Å². The largest absolute Gasteiger partial charge is 0.493 e.